The zero-order valence-corrected chi connectivity index (χ0v) is 12.1. The van der Waals surface area contributed by atoms with Crippen LogP contribution in [0.3, 0.4) is 0 Å². The fourth-order valence-corrected chi connectivity index (χ4v) is 1.99. The van der Waals surface area contributed by atoms with Crippen LogP contribution in [0.4, 0.5) is 15.9 Å². The third kappa shape index (κ3) is 3.54. The summed E-state index contributed by atoms with van der Waals surface area (Å²) in [7, 11) is 1.94. The lowest BCUT2D eigenvalue weighted by Crippen LogP contribution is -2.24. The molecule has 0 aliphatic carbocycles. The van der Waals surface area contributed by atoms with Gasteiger partial charge in [-0.05, 0) is 18.2 Å². The van der Waals surface area contributed by atoms with Gasteiger partial charge in [0.15, 0.2) is 0 Å². The van der Waals surface area contributed by atoms with Crippen LogP contribution < -0.4 is 10.2 Å². The minimum atomic E-state index is -0.309. The summed E-state index contributed by atoms with van der Waals surface area (Å²) in [5, 5.41) is 3.30. The number of hydrogen-bond donors (Lipinski definition) is 1. The predicted octanol–water partition coefficient (Wildman–Crippen LogP) is 3.49. The van der Waals surface area contributed by atoms with E-state index in [0.29, 0.717) is 12.6 Å². The van der Waals surface area contributed by atoms with Crippen molar-refractivity contribution >= 4 is 11.5 Å². The summed E-state index contributed by atoms with van der Waals surface area (Å²) in [5.74, 6) is 0.460. The van der Waals surface area contributed by atoms with Gasteiger partial charge in [0.2, 0.25) is 0 Å². The maximum absolute atomic E-state index is 13.4. The molecule has 1 N–H and O–H groups in total. The van der Waals surface area contributed by atoms with E-state index in [9.17, 15) is 4.39 Å². The Labute approximate surface area is 119 Å². The highest BCUT2D eigenvalue weighted by Gasteiger charge is 2.12. The number of pyridine rings is 1. The molecule has 2 rings (SSSR count). The Hall–Kier alpha value is -1.94. The largest absolute Gasteiger partial charge is 0.329 e. The first-order chi connectivity index (χ1) is 9.58. The molecule has 0 saturated carbocycles. The van der Waals surface area contributed by atoms with Gasteiger partial charge in [0.05, 0.1) is 6.20 Å². The molecule has 0 aliphatic rings. The van der Waals surface area contributed by atoms with Gasteiger partial charge in [-0.3, -0.25) is 0 Å². The molecule has 0 amide bonds. The van der Waals surface area contributed by atoms with Crippen LogP contribution in [-0.4, -0.2) is 18.1 Å². The number of hydrogen-bond acceptors (Lipinski definition) is 3. The average Bonchev–Trinajstić information content (AvgIpc) is 2.45. The van der Waals surface area contributed by atoms with Gasteiger partial charge in [0.1, 0.15) is 11.6 Å². The lowest BCUT2D eigenvalue weighted by molar-refractivity contribution is 0.578. The fraction of sp³-hybridized carbons (Fsp3) is 0.312. The molecule has 0 fully saturated rings. The van der Waals surface area contributed by atoms with Crippen molar-refractivity contribution in [2.24, 2.45) is 0 Å². The van der Waals surface area contributed by atoms with Crippen molar-refractivity contribution < 1.29 is 4.39 Å². The van der Waals surface area contributed by atoms with Crippen LogP contribution in [0.5, 0.6) is 0 Å². The molecule has 0 unspecified atom stereocenters. The number of nitrogens with one attached hydrogen (secondary N) is 1. The summed E-state index contributed by atoms with van der Waals surface area (Å²) in [5.41, 5.74) is 1.88. The molecule has 106 valence electrons. The Morgan fingerprint density at radius 2 is 1.95 bits per heavy atom. The topological polar surface area (TPSA) is 28.2 Å². The second kappa shape index (κ2) is 6.48. The molecule has 0 aliphatic heterocycles. The number of benzene rings is 1. The van der Waals surface area contributed by atoms with E-state index in [4.69, 9.17) is 0 Å². The second-order valence-corrected chi connectivity index (χ2v) is 5.07. The highest BCUT2D eigenvalue weighted by atomic mass is 19.1. The van der Waals surface area contributed by atoms with Crippen molar-refractivity contribution in [1.82, 2.24) is 10.3 Å². The van der Waals surface area contributed by atoms with Gasteiger partial charge < -0.3 is 10.2 Å². The molecule has 0 radical (unpaired) electrons. The Morgan fingerprint density at radius 1 is 1.25 bits per heavy atom. The normalized spacial score (nSPS) is 10.8. The first-order valence-corrected chi connectivity index (χ1v) is 6.74. The van der Waals surface area contributed by atoms with Crippen LogP contribution in [0.25, 0.3) is 0 Å². The van der Waals surface area contributed by atoms with Crippen LogP contribution in [0.15, 0.2) is 42.6 Å². The molecular formula is C16H20FN3. The highest BCUT2D eigenvalue weighted by molar-refractivity contribution is 5.61. The molecule has 2 aromatic rings. The zero-order chi connectivity index (χ0) is 14.5. The lowest BCUT2D eigenvalue weighted by Gasteiger charge is -2.22. The summed E-state index contributed by atoms with van der Waals surface area (Å²) in [4.78, 5) is 6.21. The van der Waals surface area contributed by atoms with Crippen molar-refractivity contribution in [2.75, 3.05) is 11.9 Å². The Morgan fingerprint density at radius 3 is 2.60 bits per heavy atom. The molecule has 0 spiro atoms. The summed E-state index contributed by atoms with van der Waals surface area (Å²) < 4.78 is 13.4. The van der Waals surface area contributed by atoms with Gasteiger partial charge in [-0.15, -0.1) is 0 Å². The summed E-state index contributed by atoms with van der Waals surface area (Å²) >= 11 is 0. The van der Waals surface area contributed by atoms with Crippen LogP contribution in [0.1, 0.15) is 19.4 Å². The van der Waals surface area contributed by atoms with Crippen molar-refractivity contribution in [3.8, 4) is 0 Å². The van der Waals surface area contributed by atoms with Gasteiger partial charge in [-0.25, -0.2) is 9.37 Å². The molecule has 0 bridgehead atoms. The number of nitrogens with zero attached hydrogens (tertiary/aromatic N) is 2. The number of anilines is 2. The number of aromatic nitrogens is 1. The van der Waals surface area contributed by atoms with Crippen LogP contribution in [-0.2, 0) is 6.54 Å². The summed E-state index contributed by atoms with van der Waals surface area (Å²) in [6.07, 6.45) is 1.26. The van der Waals surface area contributed by atoms with Gasteiger partial charge in [-0.1, -0.05) is 32.0 Å². The Bertz CT molecular complexity index is 555. The first kappa shape index (κ1) is 14.5. The van der Waals surface area contributed by atoms with Crippen molar-refractivity contribution in [1.29, 1.82) is 0 Å². The summed E-state index contributed by atoms with van der Waals surface area (Å²) in [6.45, 7) is 4.72. The number of para-hydroxylation sites is 1. The van der Waals surface area contributed by atoms with E-state index in [2.05, 4.69) is 24.1 Å². The SMILES string of the molecule is CC(C)NCc1cc(F)cnc1N(C)c1ccccc1. The van der Waals surface area contributed by atoms with Crippen LogP contribution >= 0.6 is 0 Å². The van der Waals surface area contributed by atoms with E-state index >= 15 is 0 Å². The average molecular weight is 273 g/mol. The van der Waals surface area contributed by atoms with E-state index in [1.54, 1.807) is 0 Å². The Balaban J connectivity index is 2.30. The molecule has 4 heteroatoms. The van der Waals surface area contributed by atoms with Crippen molar-refractivity contribution in [2.45, 2.75) is 26.4 Å². The van der Waals surface area contributed by atoms with E-state index in [-0.39, 0.29) is 5.82 Å². The Kier molecular flexibility index (Phi) is 4.69. The van der Waals surface area contributed by atoms with Crippen molar-refractivity contribution in [3.05, 3.63) is 54.0 Å². The minimum absolute atomic E-state index is 0.309. The second-order valence-electron chi connectivity index (χ2n) is 5.07. The van der Waals surface area contributed by atoms with Gasteiger partial charge in [0.25, 0.3) is 0 Å². The monoisotopic (exact) mass is 273 g/mol. The van der Waals surface area contributed by atoms with Crippen LogP contribution in [0.2, 0.25) is 0 Å². The molecule has 1 heterocycles. The highest BCUT2D eigenvalue weighted by Crippen LogP contribution is 2.25. The smallest absolute Gasteiger partial charge is 0.141 e. The zero-order valence-electron chi connectivity index (χ0n) is 12.1. The first-order valence-electron chi connectivity index (χ1n) is 6.74. The molecule has 20 heavy (non-hydrogen) atoms. The van der Waals surface area contributed by atoms with Gasteiger partial charge in [0, 0.05) is 30.9 Å². The standard InChI is InChI=1S/C16H20FN3/c1-12(2)18-10-13-9-14(17)11-19-16(13)20(3)15-7-5-4-6-8-15/h4-9,11-12,18H,10H2,1-3H3. The predicted molar refractivity (Wildman–Crippen MR) is 80.7 cm³/mol. The van der Waals surface area contributed by atoms with Crippen molar-refractivity contribution in [3.63, 3.8) is 0 Å². The van der Waals surface area contributed by atoms with Gasteiger partial charge in [-0.2, -0.15) is 0 Å². The molecule has 0 atom stereocenters. The van der Waals surface area contributed by atoms with E-state index < -0.39 is 0 Å². The maximum atomic E-state index is 13.4. The number of rotatable bonds is 5. The minimum Gasteiger partial charge on any atom is -0.329 e. The quantitative estimate of drug-likeness (QED) is 0.904. The molecule has 0 saturated heterocycles. The molecule has 3 nitrogen and oxygen atoms in total. The molecule has 1 aromatic heterocycles. The maximum Gasteiger partial charge on any atom is 0.141 e. The third-order valence-corrected chi connectivity index (χ3v) is 3.07. The number of halogens is 1. The third-order valence-electron chi connectivity index (χ3n) is 3.07. The van der Waals surface area contributed by atoms with Crippen LogP contribution in [0, 0.1) is 5.82 Å². The lowest BCUT2D eigenvalue weighted by atomic mass is 10.2. The van der Waals surface area contributed by atoms with E-state index in [0.717, 1.165) is 17.1 Å². The molecular weight excluding hydrogens is 253 g/mol. The van der Waals surface area contributed by atoms with E-state index in [1.165, 1.54) is 12.3 Å². The van der Waals surface area contributed by atoms with Gasteiger partial charge >= 0.3 is 0 Å². The van der Waals surface area contributed by atoms with E-state index in [1.807, 2.05) is 42.3 Å². The molecule has 1 aromatic carbocycles. The summed E-state index contributed by atoms with van der Waals surface area (Å²) in [6, 6.07) is 11.8. The fourth-order valence-electron chi connectivity index (χ4n) is 1.99.